The second-order valence-corrected chi connectivity index (χ2v) is 8.29. The van der Waals surface area contributed by atoms with Crippen LogP contribution < -0.4 is 10.9 Å². The van der Waals surface area contributed by atoms with E-state index < -0.39 is 0 Å². The van der Waals surface area contributed by atoms with Crippen LogP contribution in [0.3, 0.4) is 0 Å². The van der Waals surface area contributed by atoms with E-state index in [2.05, 4.69) is 29.7 Å². The van der Waals surface area contributed by atoms with Crippen molar-refractivity contribution < 1.29 is 9.59 Å². The lowest BCUT2D eigenvalue weighted by molar-refractivity contribution is 0.0671. The van der Waals surface area contributed by atoms with Gasteiger partial charge in [-0.2, -0.15) is 0 Å². The molecular formula is C20H32N4O2. The number of nitrogens with one attached hydrogen (secondary N) is 3. The molecule has 2 aliphatic heterocycles. The van der Waals surface area contributed by atoms with Crippen molar-refractivity contribution in [3.05, 3.63) is 22.5 Å². The first-order valence-electron chi connectivity index (χ1n) is 9.80. The SMILES string of the molecule is CC(=O)c1[nH]c(C)c(C(=O)N2CCC(C3CC(C(C)C)NN3)CC2)c1C. The van der Waals surface area contributed by atoms with E-state index in [1.54, 1.807) is 0 Å². The monoisotopic (exact) mass is 360 g/mol. The summed E-state index contributed by atoms with van der Waals surface area (Å²) in [5.41, 5.74) is 9.70. The summed E-state index contributed by atoms with van der Waals surface area (Å²) < 4.78 is 0. The molecule has 6 nitrogen and oxygen atoms in total. The van der Waals surface area contributed by atoms with Gasteiger partial charge >= 0.3 is 0 Å². The third-order valence-corrected chi connectivity index (χ3v) is 6.17. The maximum absolute atomic E-state index is 13.0. The van der Waals surface area contributed by atoms with Crippen molar-refractivity contribution in [1.82, 2.24) is 20.7 Å². The van der Waals surface area contributed by atoms with Crippen molar-refractivity contribution in [2.75, 3.05) is 13.1 Å². The highest BCUT2D eigenvalue weighted by Gasteiger charge is 2.35. The molecule has 0 aliphatic carbocycles. The molecule has 3 N–H and O–H groups in total. The number of aromatic amines is 1. The maximum atomic E-state index is 13.0. The number of aromatic nitrogens is 1. The van der Waals surface area contributed by atoms with Crippen LogP contribution >= 0.6 is 0 Å². The molecule has 0 spiro atoms. The van der Waals surface area contributed by atoms with Crippen LogP contribution in [0.4, 0.5) is 0 Å². The van der Waals surface area contributed by atoms with Gasteiger partial charge in [0.1, 0.15) is 0 Å². The number of hydrogen-bond donors (Lipinski definition) is 3. The molecule has 144 valence electrons. The Balaban J connectivity index is 1.62. The van der Waals surface area contributed by atoms with Gasteiger partial charge in [-0.3, -0.25) is 20.4 Å². The van der Waals surface area contributed by atoms with E-state index >= 15 is 0 Å². The molecule has 2 atom stereocenters. The Bertz CT molecular complexity index is 686. The van der Waals surface area contributed by atoms with Gasteiger partial charge in [0.2, 0.25) is 0 Å². The summed E-state index contributed by atoms with van der Waals surface area (Å²) in [7, 11) is 0. The Morgan fingerprint density at radius 2 is 1.77 bits per heavy atom. The minimum absolute atomic E-state index is 0.0251. The van der Waals surface area contributed by atoms with Gasteiger partial charge < -0.3 is 9.88 Å². The predicted octanol–water partition coefficient (Wildman–Crippen LogP) is 2.58. The first kappa shape index (κ1) is 19.1. The number of likely N-dealkylation sites (tertiary alicyclic amines) is 1. The molecule has 2 unspecified atom stereocenters. The summed E-state index contributed by atoms with van der Waals surface area (Å²) in [5.74, 6) is 1.27. The van der Waals surface area contributed by atoms with Crippen molar-refractivity contribution in [3.63, 3.8) is 0 Å². The van der Waals surface area contributed by atoms with E-state index in [9.17, 15) is 9.59 Å². The second-order valence-electron chi connectivity index (χ2n) is 8.29. The number of rotatable bonds is 4. The number of Topliss-reactive ketones (excluding diaryl/α,β-unsaturated/α-hetero) is 1. The molecular weight excluding hydrogens is 328 g/mol. The van der Waals surface area contributed by atoms with Crippen molar-refractivity contribution >= 4 is 11.7 Å². The zero-order valence-corrected chi connectivity index (χ0v) is 16.6. The summed E-state index contributed by atoms with van der Waals surface area (Å²) >= 11 is 0. The van der Waals surface area contributed by atoms with Crippen LogP contribution in [0.25, 0.3) is 0 Å². The molecule has 3 rings (SSSR count). The average Bonchev–Trinajstić information content (AvgIpc) is 3.20. The van der Waals surface area contributed by atoms with E-state index in [1.165, 1.54) is 6.92 Å². The van der Waals surface area contributed by atoms with Crippen molar-refractivity contribution in [1.29, 1.82) is 0 Å². The molecule has 2 aliphatic rings. The van der Waals surface area contributed by atoms with Gasteiger partial charge in [0, 0.05) is 37.8 Å². The summed E-state index contributed by atoms with van der Waals surface area (Å²) in [4.78, 5) is 29.8. The minimum Gasteiger partial charge on any atom is -0.355 e. The van der Waals surface area contributed by atoms with Gasteiger partial charge in [0.15, 0.2) is 5.78 Å². The molecule has 2 saturated heterocycles. The van der Waals surface area contributed by atoms with Crippen LogP contribution in [0, 0.1) is 25.7 Å². The van der Waals surface area contributed by atoms with Crippen LogP contribution in [0.15, 0.2) is 0 Å². The van der Waals surface area contributed by atoms with Gasteiger partial charge in [0.25, 0.3) is 5.91 Å². The molecule has 26 heavy (non-hydrogen) atoms. The molecule has 0 aromatic carbocycles. The summed E-state index contributed by atoms with van der Waals surface area (Å²) in [6.45, 7) is 11.3. The lowest BCUT2D eigenvalue weighted by atomic mass is 9.85. The summed E-state index contributed by atoms with van der Waals surface area (Å²) in [5, 5.41) is 0. The topological polar surface area (TPSA) is 77.2 Å². The normalized spacial score (nSPS) is 24.5. The number of hydrazine groups is 1. The molecule has 2 fully saturated rings. The van der Waals surface area contributed by atoms with Crippen molar-refractivity contribution in [2.45, 2.75) is 66.0 Å². The number of carbonyl (C=O) groups excluding carboxylic acids is 2. The second kappa shape index (κ2) is 7.53. The van der Waals surface area contributed by atoms with Gasteiger partial charge in [-0.05, 0) is 50.5 Å². The van der Waals surface area contributed by atoms with E-state index in [0.717, 1.165) is 43.6 Å². The third kappa shape index (κ3) is 3.58. The first-order valence-corrected chi connectivity index (χ1v) is 9.80. The van der Waals surface area contributed by atoms with Crippen LogP contribution in [0.1, 0.15) is 72.1 Å². The maximum Gasteiger partial charge on any atom is 0.255 e. The number of carbonyl (C=O) groups is 2. The van der Waals surface area contributed by atoms with Crippen molar-refractivity contribution in [3.8, 4) is 0 Å². The average molecular weight is 361 g/mol. The van der Waals surface area contributed by atoms with Crippen LogP contribution in [-0.4, -0.2) is 46.7 Å². The number of H-pyrrole nitrogens is 1. The number of aryl methyl sites for hydroxylation is 1. The molecule has 3 heterocycles. The standard InChI is InChI=1S/C20H32N4O2/c1-11(2)16-10-17(23-22-16)15-6-8-24(9-7-15)20(26)18-12(3)19(14(5)25)21-13(18)4/h11,15-17,21-23H,6-10H2,1-5H3. The zero-order chi connectivity index (χ0) is 19.0. The van der Waals surface area contributed by atoms with Crippen LogP contribution in [-0.2, 0) is 0 Å². The molecule has 0 saturated carbocycles. The fourth-order valence-electron chi connectivity index (χ4n) is 4.44. The van der Waals surface area contributed by atoms with Gasteiger partial charge in [-0.1, -0.05) is 13.8 Å². The molecule has 1 aromatic rings. The summed E-state index contributed by atoms with van der Waals surface area (Å²) in [6, 6.07) is 1.04. The molecule has 0 radical (unpaired) electrons. The number of piperidine rings is 1. The Labute approximate surface area is 156 Å². The quantitative estimate of drug-likeness (QED) is 0.721. The van der Waals surface area contributed by atoms with Gasteiger partial charge in [0.05, 0.1) is 11.3 Å². The first-order chi connectivity index (χ1) is 12.3. The Hall–Kier alpha value is -1.66. The number of ketones is 1. The predicted molar refractivity (Wildman–Crippen MR) is 102 cm³/mol. The number of nitrogens with zero attached hydrogens (tertiary/aromatic N) is 1. The molecule has 6 heteroatoms. The molecule has 0 bridgehead atoms. The van der Waals surface area contributed by atoms with Crippen molar-refractivity contribution in [2.24, 2.45) is 11.8 Å². The minimum atomic E-state index is -0.0251. The lowest BCUT2D eigenvalue weighted by Crippen LogP contribution is -2.45. The molecule has 1 aromatic heterocycles. The van der Waals surface area contributed by atoms with Crippen LogP contribution in [0.5, 0.6) is 0 Å². The van der Waals surface area contributed by atoms with E-state index in [4.69, 9.17) is 0 Å². The van der Waals surface area contributed by atoms with E-state index in [-0.39, 0.29) is 11.7 Å². The fourth-order valence-corrected chi connectivity index (χ4v) is 4.44. The Kier molecular flexibility index (Phi) is 5.53. The van der Waals surface area contributed by atoms with E-state index in [0.29, 0.717) is 35.2 Å². The van der Waals surface area contributed by atoms with Crippen LogP contribution in [0.2, 0.25) is 0 Å². The zero-order valence-electron chi connectivity index (χ0n) is 16.6. The smallest absolute Gasteiger partial charge is 0.255 e. The Morgan fingerprint density at radius 3 is 2.27 bits per heavy atom. The number of hydrogen-bond acceptors (Lipinski definition) is 4. The highest BCUT2D eigenvalue weighted by Crippen LogP contribution is 2.29. The fraction of sp³-hybridized carbons (Fsp3) is 0.700. The molecule has 1 amide bonds. The highest BCUT2D eigenvalue weighted by atomic mass is 16.2. The number of amides is 1. The van der Waals surface area contributed by atoms with Gasteiger partial charge in [-0.25, -0.2) is 0 Å². The highest BCUT2D eigenvalue weighted by molar-refractivity contribution is 6.02. The lowest BCUT2D eigenvalue weighted by Gasteiger charge is -2.35. The van der Waals surface area contributed by atoms with Gasteiger partial charge in [-0.15, -0.1) is 0 Å². The third-order valence-electron chi connectivity index (χ3n) is 6.17. The largest absolute Gasteiger partial charge is 0.355 e. The Morgan fingerprint density at radius 1 is 1.12 bits per heavy atom. The van der Waals surface area contributed by atoms with E-state index in [1.807, 2.05) is 18.7 Å². The summed E-state index contributed by atoms with van der Waals surface area (Å²) in [6.07, 6.45) is 3.21.